The van der Waals surface area contributed by atoms with E-state index in [1.807, 2.05) is 0 Å². The van der Waals surface area contributed by atoms with Crippen LogP contribution in [0.1, 0.15) is 0 Å². The summed E-state index contributed by atoms with van der Waals surface area (Å²) in [6.07, 6.45) is -10.3. The van der Waals surface area contributed by atoms with Crippen molar-refractivity contribution < 1.29 is 44.9 Å². The molecule has 1 fully saturated rings. The van der Waals surface area contributed by atoms with Crippen LogP contribution in [0.5, 0.6) is 0 Å². The van der Waals surface area contributed by atoms with Crippen LogP contribution < -0.4 is 5.73 Å². The van der Waals surface area contributed by atoms with Crippen molar-refractivity contribution in [3.8, 4) is 0 Å². The van der Waals surface area contributed by atoms with Crippen molar-refractivity contribution in [2.75, 3.05) is 13.2 Å². The summed E-state index contributed by atoms with van der Waals surface area (Å²) < 4.78 is 10.3. The zero-order valence-electron chi connectivity index (χ0n) is 11.1. The number of aliphatic hydroxyl groups is 6. The summed E-state index contributed by atoms with van der Waals surface area (Å²) in [5.41, 5.74) is 5.60. The van der Waals surface area contributed by atoms with E-state index in [0.717, 1.165) is 0 Å². The lowest BCUT2D eigenvalue weighted by atomic mass is 9.97. The van der Waals surface area contributed by atoms with E-state index in [-0.39, 0.29) is 6.29 Å². The molecular formula is C11H21NO9. The number of rotatable bonds is 7. The molecule has 0 spiro atoms. The van der Waals surface area contributed by atoms with Gasteiger partial charge in [0.2, 0.25) is 0 Å². The number of carbonyl (C=O) groups is 1. The summed E-state index contributed by atoms with van der Waals surface area (Å²) in [7, 11) is 0. The molecule has 1 aliphatic heterocycles. The van der Waals surface area contributed by atoms with Crippen LogP contribution >= 0.6 is 0 Å². The maximum absolute atomic E-state index is 10.4. The molecule has 0 saturated carbocycles. The van der Waals surface area contributed by atoms with E-state index in [0.29, 0.717) is 0 Å². The molecule has 0 unspecified atom stereocenters. The molecule has 10 heteroatoms. The topological polar surface area (TPSA) is 183 Å². The van der Waals surface area contributed by atoms with Gasteiger partial charge in [-0.3, -0.25) is 0 Å². The Morgan fingerprint density at radius 2 is 1.86 bits per heavy atom. The van der Waals surface area contributed by atoms with Gasteiger partial charge in [-0.25, -0.2) is 0 Å². The molecule has 124 valence electrons. The molecule has 8 atom stereocenters. The largest absolute Gasteiger partial charge is 0.394 e. The second-order valence-electron chi connectivity index (χ2n) is 4.76. The molecule has 1 aliphatic rings. The van der Waals surface area contributed by atoms with Gasteiger partial charge in [0.1, 0.15) is 36.6 Å². The molecule has 0 amide bonds. The van der Waals surface area contributed by atoms with Crippen molar-refractivity contribution in [2.24, 2.45) is 5.73 Å². The monoisotopic (exact) mass is 311 g/mol. The van der Waals surface area contributed by atoms with Crippen LogP contribution in [-0.4, -0.2) is 99.1 Å². The standard InChI is InChI=1S/C11H21NO9/c12-7-10(19)9(18)6(3-15)21-11(7)20-5(2-14)8(17)4(16)1-13/h1,4-11,14-19H,2-3,12H2/t4-,5+,6+,7+,8+,9+,10+,11+/m0/s1. The number of aldehydes is 1. The Balaban J connectivity index is 2.76. The van der Waals surface area contributed by atoms with Gasteiger partial charge in [-0.05, 0) is 0 Å². The maximum Gasteiger partial charge on any atom is 0.176 e. The van der Waals surface area contributed by atoms with Crippen molar-refractivity contribution >= 4 is 6.29 Å². The Morgan fingerprint density at radius 1 is 1.24 bits per heavy atom. The maximum atomic E-state index is 10.4. The Hall–Kier alpha value is -0.690. The summed E-state index contributed by atoms with van der Waals surface area (Å²) in [5.74, 6) is 0. The quantitative estimate of drug-likeness (QED) is 0.225. The Morgan fingerprint density at radius 3 is 2.33 bits per heavy atom. The highest BCUT2D eigenvalue weighted by atomic mass is 16.7. The first-order valence-corrected chi connectivity index (χ1v) is 6.33. The number of ether oxygens (including phenoxy) is 2. The normalized spacial score (nSPS) is 37.8. The molecule has 0 aromatic carbocycles. The summed E-state index contributed by atoms with van der Waals surface area (Å²) in [6, 6.07) is -1.22. The van der Waals surface area contributed by atoms with Crippen molar-refractivity contribution in [1.29, 1.82) is 0 Å². The van der Waals surface area contributed by atoms with Crippen molar-refractivity contribution in [3.05, 3.63) is 0 Å². The Kier molecular flexibility index (Phi) is 7.06. The van der Waals surface area contributed by atoms with Crippen LogP contribution in [0.3, 0.4) is 0 Å². The van der Waals surface area contributed by atoms with Gasteiger partial charge >= 0.3 is 0 Å². The molecule has 1 saturated heterocycles. The molecule has 10 nitrogen and oxygen atoms in total. The van der Waals surface area contributed by atoms with Crippen LogP contribution in [0.25, 0.3) is 0 Å². The highest BCUT2D eigenvalue weighted by Crippen LogP contribution is 2.22. The first-order valence-electron chi connectivity index (χ1n) is 6.33. The smallest absolute Gasteiger partial charge is 0.176 e. The number of nitrogens with two attached hydrogens (primary N) is 1. The van der Waals surface area contributed by atoms with Gasteiger partial charge in [0.25, 0.3) is 0 Å². The van der Waals surface area contributed by atoms with Crippen LogP contribution in [0.15, 0.2) is 0 Å². The van der Waals surface area contributed by atoms with Gasteiger partial charge in [0, 0.05) is 0 Å². The SMILES string of the molecule is N[C@H]1[C@H](O[C@H](CO)[C@H](O)[C@@H](O)C=O)O[C@H](CO)[C@@H](O)[C@@H]1O. The summed E-state index contributed by atoms with van der Waals surface area (Å²) in [5, 5.41) is 56.3. The van der Waals surface area contributed by atoms with Gasteiger partial charge in [-0.1, -0.05) is 0 Å². The van der Waals surface area contributed by atoms with Crippen molar-refractivity contribution in [3.63, 3.8) is 0 Å². The van der Waals surface area contributed by atoms with E-state index in [1.165, 1.54) is 0 Å². The van der Waals surface area contributed by atoms with Crippen LogP contribution in [0.4, 0.5) is 0 Å². The van der Waals surface area contributed by atoms with Crippen LogP contribution in [0.2, 0.25) is 0 Å². The third kappa shape index (κ3) is 4.16. The van der Waals surface area contributed by atoms with E-state index in [4.69, 9.17) is 25.4 Å². The third-order valence-corrected chi connectivity index (χ3v) is 3.29. The molecule has 0 aliphatic carbocycles. The predicted octanol–water partition coefficient (Wildman–Crippen LogP) is -4.95. The fourth-order valence-electron chi connectivity index (χ4n) is 1.93. The van der Waals surface area contributed by atoms with Gasteiger partial charge in [-0.2, -0.15) is 0 Å². The predicted molar refractivity (Wildman–Crippen MR) is 65.8 cm³/mol. The van der Waals surface area contributed by atoms with E-state index in [1.54, 1.807) is 0 Å². The fraction of sp³-hybridized carbons (Fsp3) is 0.909. The molecule has 8 N–H and O–H groups in total. The van der Waals surface area contributed by atoms with Crippen LogP contribution in [-0.2, 0) is 14.3 Å². The summed E-state index contributed by atoms with van der Waals surface area (Å²) in [4.78, 5) is 10.4. The fourth-order valence-corrected chi connectivity index (χ4v) is 1.93. The molecule has 1 rings (SSSR count). The average Bonchev–Trinajstić information content (AvgIpc) is 2.50. The first-order chi connectivity index (χ1) is 9.87. The van der Waals surface area contributed by atoms with E-state index in [2.05, 4.69) is 0 Å². The highest BCUT2D eigenvalue weighted by molar-refractivity contribution is 5.56. The summed E-state index contributed by atoms with van der Waals surface area (Å²) >= 11 is 0. The van der Waals surface area contributed by atoms with Gasteiger partial charge in [-0.15, -0.1) is 0 Å². The zero-order chi connectivity index (χ0) is 16.2. The zero-order valence-corrected chi connectivity index (χ0v) is 11.1. The van der Waals surface area contributed by atoms with Gasteiger partial charge in [0.15, 0.2) is 12.6 Å². The molecule has 0 radical (unpaired) electrons. The highest BCUT2D eigenvalue weighted by Gasteiger charge is 2.44. The molecule has 0 bridgehead atoms. The Bertz CT molecular complexity index is 329. The van der Waals surface area contributed by atoms with Gasteiger partial charge < -0.3 is 50.6 Å². The lowest BCUT2D eigenvalue weighted by molar-refractivity contribution is -0.290. The van der Waals surface area contributed by atoms with Crippen LogP contribution in [0, 0.1) is 0 Å². The lowest BCUT2D eigenvalue weighted by Gasteiger charge is -2.42. The van der Waals surface area contributed by atoms with Crippen molar-refractivity contribution in [2.45, 2.75) is 49.0 Å². The second-order valence-corrected chi connectivity index (χ2v) is 4.76. The Labute approximate surface area is 120 Å². The lowest BCUT2D eigenvalue weighted by Crippen LogP contribution is -2.63. The molecule has 0 aromatic heterocycles. The number of carbonyl (C=O) groups excluding carboxylic acids is 1. The minimum atomic E-state index is -1.79. The van der Waals surface area contributed by atoms with E-state index in [9.17, 15) is 25.2 Å². The second kappa shape index (κ2) is 8.08. The minimum Gasteiger partial charge on any atom is -0.394 e. The first kappa shape index (κ1) is 18.4. The minimum absolute atomic E-state index is 0.0630. The molecule has 1 heterocycles. The molecule has 21 heavy (non-hydrogen) atoms. The summed E-state index contributed by atoms with van der Waals surface area (Å²) in [6.45, 7) is -1.38. The van der Waals surface area contributed by atoms with Gasteiger partial charge in [0.05, 0.1) is 19.3 Å². The molecular weight excluding hydrogens is 290 g/mol. The van der Waals surface area contributed by atoms with E-state index < -0.39 is 62.2 Å². The van der Waals surface area contributed by atoms with Crippen molar-refractivity contribution in [1.82, 2.24) is 0 Å². The third-order valence-electron chi connectivity index (χ3n) is 3.29. The number of hydrogen-bond donors (Lipinski definition) is 7. The number of aliphatic hydroxyl groups excluding tert-OH is 6. The number of hydrogen-bond acceptors (Lipinski definition) is 10. The average molecular weight is 311 g/mol. The molecule has 0 aromatic rings. The van der Waals surface area contributed by atoms with E-state index >= 15 is 0 Å².